The van der Waals surface area contributed by atoms with Crippen molar-refractivity contribution in [1.29, 1.82) is 0 Å². The molecule has 0 bridgehead atoms. The first-order valence-electron chi connectivity index (χ1n) is 12.1. The maximum Gasteiger partial charge on any atom is 0.254 e. The minimum Gasteiger partial charge on any atom is -0.454 e. The molecule has 1 N–H and O–H groups in total. The lowest BCUT2D eigenvalue weighted by atomic mass is 9.86. The summed E-state index contributed by atoms with van der Waals surface area (Å²) in [5, 5.41) is 0.939. The highest BCUT2D eigenvalue weighted by Gasteiger charge is 2.22. The quantitative estimate of drug-likeness (QED) is 0.396. The molecule has 0 saturated carbocycles. The van der Waals surface area contributed by atoms with Gasteiger partial charge in [-0.1, -0.05) is 50.6 Å². The molecular weight excluding hydrogens is 452 g/mol. The van der Waals surface area contributed by atoms with Gasteiger partial charge in [-0.15, -0.1) is 0 Å². The van der Waals surface area contributed by atoms with Crippen LogP contribution in [0.25, 0.3) is 10.9 Å². The second-order valence-electron chi connectivity index (χ2n) is 10.4. The summed E-state index contributed by atoms with van der Waals surface area (Å²) in [6.07, 6.45) is 0. The number of pyridine rings is 1. The van der Waals surface area contributed by atoms with Crippen LogP contribution in [-0.2, 0) is 18.5 Å². The van der Waals surface area contributed by atoms with E-state index in [1.807, 2.05) is 73.7 Å². The van der Waals surface area contributed by atoms with Gasteiger partial charge in [-0.05, 0) is 71.3 Å². The maximum atomic E-state index is 13.7. The molecule has 1 aromatic heterocycles. The van der Waals surface area contributed by atoms with E-state index in [0.717, 1.165) is 27.6 Å². The average Bonchev–Trinajstić information content (AvgIpc) is 3.31. The predicted octanol–water partition coefficient (Wildman–Crippen LogP) is 5.71. The number of aromatic nitrogens is 1. The van der Waals surface area contributed by atoms with E-state index in [0.29, 0.717) is 29.2 Å². The van der Waals surface area contributed by atoms with Crippen molar-refractivity contribution in [3.63, 3.8) is 0 Å². The SMILES string of the molecule is Cc1ccc2[nH]c(=O)c(CN(Cc3ccc4c(c3)OCO4)C(=O)c3ccc(C(C)(C)C)cc3)cc2c1. The zero-order chi connectivity index (χ0) is 25.4. The maximum absolute atomic E-state index is 13.7. The van der Waals surface area contributed by atoms with E-state index in [9.17, 15) is 9.59 Å². The third kappa shape index (κ3) is 4.85. The molecule has 36 heavy (non-hydrogen) atoms. The van der Waals surface area contributed by atoms with Crippen molar-refractivity contribution >= 4 is 16.8 Å². The molecule has 3 aromatic carbocycles. The second-order valence-corrected chi connectivity index (χ2v) is 10.4. The van der Waals surface area contributed by atoms with E-state index < -0.39 is 0 Å². The summed E-state index contributed by atoms with van der Waals surface area (Å²) in [6.45, 7) is 9.13. The van der Waals surface area contributed by atoms with E-state index in [4.69, 9.17) is 9.47 Å². The van der Waals surface area contributed by atoms with Crippen LogP contribution >= 0.6 is 0 Å². The molecule has 6 heteroatoms. The van der Waals surface area contributed by atoms with Crippen LogP contribution in [0.15, 0.2) is 71.5 Å². The van der Waals surface area contributed by atoms with E-state index in [-0.39, 0.29) is 30.2 Å². The number of hydrogen-bond acceptors (Lipinski definition) is 4. The molecule has 0 atom stereocenters. The molecule has 4 aromatic rings. The highest BCUT2D eigenvalue weighted by molar-refractivity contribution is 5.94. The first-order chi connectivity index (χ1) is 17.2. The van der Waals surface area contributed by atoms with Crippen molar-refractivity contribution in [2.75, 3.05) is 6.79 Å². The van der Waals surface area contributed by atoms with Gasteiger partial charge in [0.2, 0.25) is 6.79 Å². The van der Waals surface area contributed by atoms with Gasteiger partial charge in [0.1, 0.15) is 0 Å². The van der Waals surface area contributed by atoms with E-state index in [2.05, 4.69) is 25.8 Å². The Hall–Kier alpha value is -4.06. The number of benzene rings is 3. The van der Waals surface area contributed by atoms with Crippen molar-refractivity contribution in [2.45, 2.75) is 46.2 Å². The van der Waals surface area contributed by atoms with Crippen molar-refractivity contribution < 1.29 is 14.3 Å². The number of ether oxygens (including phenoxy) is 2. The molecular formula is C30H30N2O4. The molecule has 5 rings (SSSR count). The Morgan fingerprint density at radius 1 is 0.917 bits per heavy atom. The Morgan fingerprint density at radius 3 is 2.42 bits per heavy atom. The molecule has 0 radical (unpaired) electrons. The number of carbonyl (C=O) groups is 1. The van der Waals surface area contributed by atoms with Gasteiger partial charge in [0.15, 0.2) is 11.5 Å². The van der Waals surface area contributed by atoms with Gasteiger partial charge >= 0.3 is 0 Å². The Bertz CT molecular complexity index is 1500. The zero-order valence-corrected chi connectivity index (χ0v) is 21.1. The lowest BCUT2D eigenvalue weighted by Crippen LogP contribution is -2.32. The van der Waals surface area contributed by atoms with Crippen LogP contribution in [0.1, 0.15) is 53.4 Å². The summed E-state index contributed by atoms with van der Waals surface area (Å²) in [6, 6.07) is 21.2. The average molecular weight is 483 g/mol. The standard InChI is InChI=1S/C30H30N2O4/c1-19-5-11-25-22(13-19)15-23(28(33)31-25)17-32(16-20-6-12-26-27(14-20)36-18-35-26)29(34)21-7-9-24(10-8-21)30(2,3)4/h5-15H,16-18H2,1-4H3,(H,31,33). The van der Waals surface area contributed by atoms with Gasteiger partial charge in [-0.2, -0.15) is 0 Å². The summed E-state index contributed by atoms with van der Waals surface area (Å²) in [7, 11) is 0. The molecule has 6 nitrogen and oxygen atoms in total. The summed E-state index contributed by atoms with van der Waals surface area (Å²) in [5.74, 6) is 1.21. The van der Waals surface area contributed by atoms with Crippen molar-refractivity contribution in [3.8, 4) is 11.5 Å². The minimum atomic E-state index is -0.196. The van der Waals surface area contributed by atoms with Crippen molar-refractivity contribution in [2.24, 2.45) is 0 Å². The molecule has 2 heterocycles. The lowest BCUT2D eigenvalue weighted by Gasteiger charge is -2.24. The van der Waals surface area contributed by atoms with Crippen LogP contribution in [0.3, 0.4) is 0 Å². The first-order valence-corrected chi connectivity index (χ1v) is 12.1. The van der Waals surface area contributed by atoms with Gasteiger partial charge in [-0.25, -0.2) is 0 Å². The number of nitrogens with zero attached hydrogens (tertiary/aromatic N) is 1. The fourth-order valence-corrected chi connectivity index (χ4v) is 4.45. The molecule has 1 aliphatic heterocycles. The van der Waals surface area contributed by atoms with E-state index in [1.165, 1.54) is 0 Å². The predicted molar refractivity (Wildman–Crippen MR) is 141 cm³/mol. The second kappa shape index (κ2) is 9.19. The van der Waals surface area contributed by atoms with Crippen molar-refractivity contribution in [3.05, 3.63) is 105 Å². The van der Waals surface area contributed by atoms with Gasteiger partial charge in [-0.3, -0.25) is 9.59 Å². The van der Waals surface area contributed by atoms with Gasteiger partial charge in [0.25, 0.3) is 11.5 Å². The number of nitrogens with one attached hydrogen (secondary N) is 1. The Kier molecular flexibility index (Phi) is 6.04. The summed E-state index contributed by atoms with van der Waals surface area (Å²) < 4.78 is 11.0. The highest BCUT2D eigenvalue weighted by Crippen LogP contribution is 2.33. The summed E-state index contributed by atoms with van der Waals surface area (Å²) >= 11 is 0. The number of H-pyrrole nitrogens is 1. The molecule has 0 fully saturated rings. The molecule has 0 spiro atoms. The van der Waals surface area contributed by atoms with Gasteiger partial charge in [0.05, 0.1) is 6.54 Å². The minimum absolute atomic E-state index is 0.00965. The molecule has 184 valence electrons. The number of rotatable bonds is 5. The molecule has 0 saturated heterocycles. The van der Waals surface area contributed by atoms with Crippen LogP contribution in [0.5, 0.6) is 11.5 Å². The number of aromatic amines is 1. The van der Waals surface area contributed by atoms with Crippen LogP contribution in [-0.4, -0.2) is 22.6 Å². The van der Waals surface area contributed by atoms with Gasteiger partial charge < -0.3 is 19.4 Å². The number of aryl methyl sites for hydroxylation is 1. The van der Waals surface area contributed by atoms with Crippen LogP contribution in [0, 0.1) is 6.92 Å². The number of fused-ring (bicyclic) bond motifs is 2. The largest absolute Gasteiger partial charge is 0.454 e. The van der Waals surface area contributed by atoms with Gasteiger partial charge in [0, 0.05) is 23.2 Å². The lowest BCUT2D eigenvalue weighted by molar-refractivity contribution is 0.0729. The number of carbonyl (C=O) groups excluding carboxylic acids is 1. The Labute approximate surface area is 210 Å². The fourth-order valence-electron chi connectivity index (χ4n) is 4.45. The Balaban J connectivity index is 1.50. The zero-order valence-electron chi connectivity index (χ0n) is 21.1. The molecule has 1 amide bonds. The molecule has 0 unspecified atom stereocenters. The van der Waals surface area contributed by atoms with Crippen molar-refractivity contribution in [1.82, 2.24) is 9.88 Å². The van der Waals surface area contributed by atoms with Crippen LogP contribution in [0.4, 0.5) is 0 Å². The fraction of sp³-hybridized carbons (Fsp3) is 0.267. The first kappa shape index (κ1) is 23.7. The molecule has 1 aliphatic rings. The topological polar surface area (TPSA) is 71.6 Å². The van der Waals surface area contributed by atoms with Crippen LogP contribution < -0.4 is 15.0 Å². The highest BCUT2D eigenvalue weighted by atomic mass is 16.7. The molecule has 0 aliphatic carbocycles. The number of hydrogen-bond donors (Lipinski definition) is 1. The Morgan fingerprint density at radius 2 is 1.67 bits per heavy atom. The van der Waals surface area contributed by atoms with E-state index in [1.54, 1.807) is 4.90 Å². The third-order valence-corrected chi connectivity index (χ3v) is 6.53. The summed E-state index contributed by atoms with van der Waals surface area (Å²) in [5.41, 5.74) is 4.84. The monoisotopic (exact) mass is 482 g/mol. The van der Waals surface area contributed by atoms with E-state index >= 15 is 0 Å². The van der Waals surface area contributed by atoms with Crippen LogP contribution in [0.2, 0.25) is 0 Å². The smallest absolute Gasteiger partial charge is 0.254 e. The number of amides is 1. The normalized spacial score (nSPS) is 12.7. The summed E-state index contributed by atoms with van der Waals surface area (Å²) in [4.78, 5) is 31.3. The third-order valence-electron chi connectivity index (χ3n) is 6.53.